The number of fused-ring (bicyclic) bond motifs is 2. The van der Waals surface area contributed by atoms with Crippen molar-refractivity contribution in [2.45, 2.75) is 148 Å². The summed E-state index contributed by atoms with van der Waals surface area (Å²) in [5.41, 5.74) is 0. The Morgan fingerprint density at radius 1 is 0.921 bits per heavy atom. The highest BCUT2D eigenvalue weighted by molar-refractivity contribution is 7.48. The Balaban J connectivity index is 1.57. The van der Waals surface area contributed by atoms with Crippen LogP contribution in [0.3, 0.4) is 0 Å². The lowest BCUT2D eigenvalue weighted by Crippen LogP contribution is -2.58. The van der Waals surface area contributed by atoms with Crippen molar-refractivity contribution in [3.63, 3.8) is 0 Å². The van der Waals surface area contributed by atoms with Crippen molar-refractivity contribution in [3.8, 4) is 0 Å². The SMILES string of the molecule is CCCCCCCCCCCCCCCCOC(C)C(COP1(=O)OC2CC[N+](C)(C)C(C2)O1)OC(C)=O. The van der Waals surface area contributed by atoms with Crippen LogP contribution in [0.4, 0.5) is 0 Å². The van der Waals surface area contributed by atoms with Gasteiger partial charge in [-0.25, -0.2) is 9.09 Å². The number of esters is 1. The van der Waals surface area contributed by atoms with E-state index in [-0.39, 0.29) is 25.0 Å². The molecule has 2 rings (SSSR count). The molecule has 0 aromatic heterocycles. The van der Waals surface area contributed by atoms with Crippen LogP contribution in [0.2, 0.25) is 0 Å². The largest absolute Gasteiger partial charge is 0.479 e. The zero-order valence-corrected chi connectivity index (χ0v) is 25.9. The summed E-state index contributed by atoms with van der Waals surface area (Å²) < 4.78 is 42.3. The summed E-state index contributed by atoms with van der Waals surface area (Å²) in [7, 11) is 0.389. The Bertz CT molecular complexity index is 704. The number of quaternary nitrogens is 1. The second-order valence-corrected chi connectivity index (χ2v) is 13.5. The molecule has 0 spiro atoms. The molecule has 5 unspecified atom stereocenters. The third-order valence-electron chi connectivity index (χ3n) is 7.92. The molecule has 8 nitrogen and oxygen atoms in total. The van der Waals surface area contributed by atoms with Crippen LogP contribution in [0.15, 0.2) is 0 Å². The molecular formula is C29H57NO7P+. The molecule has 0 aliphatic carbocycles. The minimum atomic E-state index is -3.73. The fourth-order valence-corrected chi connectivity index (χ4v) is 6.95. The van der Waals surface area contributed by atoms with Crippen molar-refractivity contribution in [2.24, 2.45) is 0 Å². The maximum Gasteiger partial charge on any atom is 0.479 e. The third-order valence-corrected chi connectivity index (χ3v) is 9.44. The fraction of sp³-hybridized carbons (Fsp3) is 0.966. The van der Waals surface area contributed by atoms with Crippen LogP contribution in [0, 0.1) is 0 Å². The van der Waals surface area contributed by atoms with Gasteiger partial charge >= 0.3 is 13.8 Å². The number of nitrogens with zero attached hydrogens (tertiary/aromatic N) is 1. The summed E-state index contributed by atoms with van der Waals surface area (Å²) in [5.74, 6) is -0.427. The number of hydrogen-bond donors (Lipinski definition) is 0. The number of phosphoric acid groups is 1. The van der Waals surface area contributed by atoms with Gasteiger partial charge in [-0.2, -0.15) is 0 Å². The maximum absolute atomic E-state index is 13.2. The van der Waals surface area contributed by atoms with Crippen molar-refractivity contribution < 1.29 is 36.9 Å². The maximum atomic E-state index is 13.2. The topological polar surface area (TPSA) is 80.3 Å². The lowest BCUT2D eigenvalue weighted by molar-refractivity contribution is -0.941. The van der Waals surface area contributed by atoms with Crippen LogP contribution in [0.5, 0.6) is 0 Å². The molecule has 2 bridgehead atoms. The standard InChI is InChI=1S/C29H57NO7P/c1-6-7-8-9-10-11-12-13-14-15-16-17-18-19-22-33-25(2)28(35-26(3)31)24-34-38(32)36-27-20-21-30(4,5)29(23-27)37-38/h25,27-29H,6-24H2,1-5H3/q+1. The van der Waals surface area contributed by atoms with E-state index in [1.165, 1.54) is 84.0 Å². The van der Waals surface area contributed by atoms with Crippen LogP contribution in [0.25, 0.3) is 0 Å². The zero-order chi connectivity index (χ0) is 27.9. The van der Waals surface area contributed by atoms with Crippen LogP contribution < -0.4 is 0 Å². The van der Waals surface area contributed by atoms with Gasteiger partial charge in [0.15, 0.2) is 6.10 Å². The molecule has 0 amide bonds. The summed E-state index contributed by atoms with van der Waals surface area (Å²) in [4.78, 5) is 11.7. The van der Waals surface area contributed by atoms with E-state index in [1.807, 2.05) is 6.92 Å². The van der Waals surface area contributed by atoms with E-state index in [1.54, 1.807) is 0 Å². The first-order valence-electron chi connectivity index (χ1n) is 15.4. The number of piperidine rings is 1. The molecule has 0 N–H and O–H groups in total. The molecule has 0 aromatic rings. The minimum absolute atomic E-state index is 0.0936. The number of hydrogen-bond acceptors (Lipinski definition) is 7. The van der Waals surface area contributed by atoms with Gasteiger partial charge in [0.05, 0.1) is 45.9 Å². The summed E-state index contributed by atoms with van der Waals surface area (Å²) in [5, 5.41) is 0. The molecule has 2 aliphatic rings. The summed E-state index contributed by atoms with van der Waals surface area (Å²) in [6.45, 7) is 6.88. The molecule has 2 saturated heterocycles. The Morgan fingerprint density at radius 2 is 1.47 bits per heavy atom. The Labute approximate surface area is 232 Å². The zero-order valence-electron chi connectivity index (χ0n) is 25.0. The van der Waals surface area contributed by atoms with Gasteiger partial charge in [0.25, 0.3) is 0 Å². The molecule has 0 aromatic carbocycles. The van der Waals surface area contributed by atoms with Crippen LogP contribution in [-0.4, -0.2) is 68.8 Å². The van der Waals surface area contributed by atoms with Crippen molar-refractivity contribution >= 4 is 13.8 Å². The van der Waals surface area contributed by atoms with Gasteiger partial charge in [-0.1, -0.05) is 90.4 Å². The van der Waals surface area contributed by atoms with Crippen LogP contribution in [-0.2, 0) is 32.4 Å². The van der Waals surface area contributed by atoms with E-state index in [2.05, 4.69) is 21.0 Å². The number of ether oxygens (including phenoxy) is 2. The predicted molar refractivity (Wildman–Crippen MR) is 151 cm³/mol. The molecule has 224 valence electrons. The number of rotatable bonds is 21. The van der Waals surface area contributed by atoms with E-state index in [4.69, 9.17) is 23.0 Å². The average molecular weight is 563 g/mol. The molecule has 2 heterocycles. The van der Waals surface area contributed by atoms with Crippen molar-refractivity contribution in [2.75, 3.05) is 33.9 Å². The molecule has 2 aliphatic heterocycles. The Kier molecular flexibility index (Phi) is 16.0. The highest BCUT2D eigenvalue weighted by atomic mass is 31.2. The quantitative estimate of drug-likeness (QED) is 0.0619. The van der Waals surface area contributed by atoms with Gasteiger partial charge in [-0.3, -0.25) is 13.8 Å². The lowest BCUT2D eigenvalue weighted by Gasteiger charge is -2.47. The number of phosphoric ester groups is 1. The van der Waals surface area contributed by atoms with Crippen LogP contribution in [0.1, 0.15) is 124 Å². The van der Waals surface area contributed by atoms with Crippen molar-refractivity contribution in [1.82, 2.24) is 0 Å². The van der Waals surface area contributed by atoms with Crippen LogP contribution >= 0.6 is 7.82 Å². The minimum Gasteiger partial charge on any atom is -0.457 e. The van der Waals surface area contributed by atoms with Gasteiger partial charge in [-0.15, -0.1) is 0 Å². The van der Waals surface area contributed by atoms with Crippen molar-refractivity contribution in [3.05, 3.63) is 0 Å². The number of carbonyl (C=O) groups excluding carboxylic acids is 1. The van der Waals surface area contributed by atoms with Gasteiger partial charge in [-0.05, 0) is 13.3 Å². The molecule has 2 fully saturated rings. The molecule has 38 heavy (non-hydrogen) atoms. The molecule has 0 saturated carbocycles. The number of likely N-dealkylation sites (tertiary alicyclic amines) is 1. The number of unbranched alkanes of at least 4 members (excludes halogenated alkanes) is 13. The first-order valence-corrected chi connectivity index (χ1v) is 16.8. The first-order chi connectivity index (χ1) is 18.1. The smallest absolute Gasteiger partial charge is 0.457 e. The lowest BCUT2D eigenvalue weighted by atomic mass is 10.0. The summed E-state index contributed by atoms with van der Waals surface area (Å²) in [6, 6.07) is 0. The fourth-order valence-electron chi connectivity index (χ4n) is 5.25. The summed E-state index contributed by atoms with van der Waals surface area (Å²) in [6.07, 6.45) is 18.4. The summed E-state index contributed by atoms with van der Waals surface area (Å²) >= 11 is 0. The first kappa shape index (κ1) is 33.7. The van der Waals surface area contributed by atoms with E-state index in [9.17, 15) is 9.36 Å². The molecule has 0 radical (unpaired) electrons. The second-order valence-electron chi connectivity index (χ2n) is 11.9. The number of carbonyl (C=O) groups is 1. The van der Waals surface area contributed by atoms with E-state index >= 15 is 0 Å². The second kappa shape index (κ2) is 18.0. The highest BCUT2D eigenvalue weighted by Gasteiger charge is 2.50. The normalized spacial score (nSPS) is 26.1. The van der Waals surface area contributed by atoms with E-state index < -0.39 is 19.9 Å². The molecular weight excluding hydrogens is 505 g/mol. The highest BCUT2D eigenvalue weighted by Crippen LogP contribution is 2.58. The Hall–Kier alpha value is -0.500. The van der Waals surface area contributed by atoms with E-state index in [0.29, 0.717) is 17.5 Å². The van der Waals surface area contributed by atoms with E-state index in [0.717, 1.165) is 25.8 Å². The van der Waals surface area contributed by atoms with Crippen molar-refractivity contribution in [1.29, 1.82) is 0 Å². The monoisotopic (exact) mass is 562 g/mol. The predicted octanol–water partition coefficient (Wildman–Crippen LogP) is 7.54. The van der Waals surface area contributed by atoms with Gasteiger partial charge < -0.3 is 14.0 Å². The average Bonchev–Trinajstić information content (AvgIpc) is 2.86. The molecule has 5 atom stereocenters. The van der Waals surface area contributed by atoms with Gasteiger partial charge in [0.1, 0.15) is 0 Å². The van der Waals surface area contributed by atoms with Gasteiger partial charge in [0.2, 0.25) is 6.23 Å². The Morgan fingerprint density at radius 3 is 2.03 bits per heavy atom. The van der Waals surface area contributed by atoms with Gasteiger partial charge in [0, 0.05) is 20.0 Å². The molecule has 9 heteroatoms. The third kappa shape index (κ3) is 13.2.